The lowest BCUT2D eigenvalue weighted by molar-refractivity contribution is 0.102. The van der Waals surface area contributed by atoms with Gasteiger partial charge in [0, 0.05) is 31.1 Å². The van der Waals surface area contributed by atoms with Crippen molar-refractivity contribution >= 4 is 22.9 Å². The Morgan fingerprint density at radius 2 is 2.13 bits per heavy atom. The Morgan fingerprint density at radius 1 is 1.30 bits per heavy atom. The molecule has 0 spiro atoms. The second-order valence-electron chi connectivity index (χ2n) is 7.26. The van der Waals surface area contributed by atoms with Crippen molar-refractivity contribution in [3.8, 4) is 5.75 Å². The van der Waals surface area contributed by atoms with Gasteiger partial charge < -0.3 is 24.8 Å². The van der Waals surface area contributed by atoms with Crippen molar-refractivity contribution in [2.24, 2.45) is 0 Å². The van der Waals surface area contributed by atoms with Crippen molar-refractivity contribution in [1.82, 2.24) is 14.6 Å². The van der Waals surface area contributed by atoms with E-state index in [0.717, 1.165) is 17.4 Å². The number of aliphatic hydroxyl groups is 1. The quantitative estimate of drug-likeness (QED) is 0.664. The SMILES string of the molecule is O=C(Nc1cc2c(cc1N1CCOCC1)OC(CO)C2)c1cnn2cc(F)cnc12. The number of nitrogens with zero attached hydrogens (tertiary/aromatic N) is 4. The van der Waals surface area contributed by atoms with Gasteiger partial charge in [-0.2, -0.15) is 5.10 Å². The van der Waals surface area contributed by atoms with Crippen LogP contribution in [0.4, 0.5) is 15.8 Å². The number of carbonyl (C=O) groups excluding carboxylic acids is 1. The van der Waals surface area contributed by atoms with E-state index in [0.29, 0.717) is 44.2 Å². The van der Waals surface area contributed by atoms with Crippen molar-refractivity contribution in [3.05, 3.63) is 47.7 Å². The number of aliphatic hydroxyl groups excluding tert-OH is 1. The molecule has 0 saturated carbocycles. The summed E-state index contributed by atoms with van der Waals surface area (Å²) >= 11 is 0. The fraction of sp³-hybridized carbons (Fsp3) is 0.350. The lowest BCUT2D eigenvalue weighted by atomic mass is 10.1. The third-order valence-electron chi connectivity index (χ3n) is 5.29. The number of carbonyl (C=O) groups is 1. The average Bonchev–Trinajstić information content (AvgIpc) is 3.36. The van der Waals surface area contributed by atoms with Crippen LogP contribution in [0.3, 0.4) is 0 Å². The maximum atomic E-state index is 13.4. The van der Waals surface area contributed by atoms with Gasteiger partial charge in [-0.15, -0.1) is 0 Å². The van der Waals surface area contributed by atoms with Crippen LogP contribution in [0.2, 0.25) is 0 Å². The fourth-order valence-electron chi connectivity index (χ4n) is 3.82. The minimum Gasteiger partial charge on any atom is -0.487 e. The van der Waals surface area contributed by atoms with Crippen LogP contribution in [0, 0.1) is 5.82 Å². The highest BCUT2D eigenvalue weighted by Crippen LogP contribution is 2.39. The van der Waals surface area contributed by atoms with Crippen molar-refractivity contribution in [1.29, 1.82) is 0 Å². The molecular weight excluding hydrogens is 393 g/mol. The minimum absolute atomic E-state index is 0.0755. The molecule has 10 heteroatoms. The van der Waals surface area contributed by atoms with Gasteiger partial charge in [0.15, 0.2) is 11.5 Å². The molecule has 4 heterocycles. The highest BCUT2D eigenvalue weighted by molar-refractivity contribution is 6.09. The van der Waals surface area contributed by atoms with Gasteiger partial charge in [-0.3, -0.25) is 4.79 Å². The highest BCUT2D eigenvalue weighted by atomic mass is 19.1. The first-order chi connectivity index (χ1) is 14.6. The molecule has 2 aromatic heterocycles. The van der Waals surface area contributed by atoms with Crippen LogP contribution in [0.25, 0.3) is 5.65 Å². The lowest BCUT2D eigenvalue weighted by Crippen LogP contribution is -2.36. The number of hydrogen-bond acceptors (Lipinski definition) is 7. The molecule has 3 aromatic rings. The molecule has 1 amide bonds. The van der Waals surface area contributed by atoms with Crippen LogP contribution in [0.15, 0.2) is 30.7 Å². The van der Waals surface area contributed by atoms with Crippen molar-refractivity contribution < 1.29 is 23.8 Å². The molecule has 2 N–H and O–H groups in total. The predicted octanol–water partition coefficient (Wildman–Crippen LogP) is 1.25. The van der Waals surface area contributed by atoms with E-state index in [-0.39, 0.29) is 23.9 Å². The number of ether oxygens (including phenoxy) is 2. The summed E-state index contributed by atoms with van der Waals surface area (Å²) in [5.41, 5.74) is 2.88. The zero-order valence-corrected chi connectivity index (χ0v) is 16.0. The van der Waals surface area contributed by atoms with E-state index in [9.17, 15) is 14.3 Å². The smallest absolute Gasteiger partial charge is 0.261 e. The van der Waals surface area contributed by atoms with E-state index in [2.05, 4.69) is 20.3 Å². The van der Waals surface area contributed by atoms with E-state index in [4.69, 9.17) is 9.47 Å². The highest BCUT2D eigenvalue weighted by Gasteiger charge is 2.27. The van der Waals surface area contributed by atoms with Crippen LogP contribution in [0.1, 0.15) is 15.9 Å². The first kappa shape index (κ1) is 18.8. The summed E-state index contributed by atoms with van der Waals surface area (Å²) in [4.78, 5) is 19.1. The summed E-state index contributed by atoms with van der Waals surface area (Å²) in [5, 5.41) is 16.4. The summed E-state index contributed by atoms with van der Waals surface area (Å²) in [6, 6.07) is 3.78. The summed E-state index contributed by atoms with van der Waals surface area (Å²) < 4.78 is 25.9. The zero-order chi connectivity index (χ0) is 20.7. The van der Waals surface area contributed by atoms with E-state index in [1.54, 1.807) is 0 Å². The molecule has 2 aliphatic rings. The molecule has 1 unspecified atom stereocenters. The first-order valence-corrected chi connectivity index (χ1v) is 9.70. The number of morpholine rings is 1. The van der Waals surface area contributed by atoms with Crippen molar-refractivity contribution in [2.75, 3.05) is 43.1 Å². The predicted molar refractivity (Wildman–Crippen MR) is 106 cm³/mol. The van der Waals surface area contributed by atoms with E-state index >= 15 is 0 Å². The summed E-state index contributed by atoms with van der Waals surface area (Å²) in [6.45, 7) is 2.47. The maximum absolute atomic E-state index is 13.4. The molecular formula is C20H20FN5O4. The van der Waals surface area contributed by atoms with Gasteiger partial charge in [-0.05, 0) is 6.07 Å². The van der Waals surface area contributed by atoms with E-state index in [1.165, 1.54) is 16.9 Å². The summed E-state index contributed by atoms with van der Waals surface area (Å²) in [7, 11) is 0. The Morgan fingerprint density at radius 3 is 2.93 bits per heavy atom. The van der Waals surface area contributed by atoms with Gasteiger partial charge in [0.25, 0.3) is 5.91 Å². The molecule has 1 fully saturated rings. The minimum atomic E-state index is -0.538. The van der Waals surface area contributed by atoms with Crippen LogP contribution in [-0.2, 0) is 11.2 Å². The number of benzene rings is 1. The molecule has 156 valence electrons. The van der Waals surface area contributed by atoms with Gasteiger partial charge >= 0.3 is 0 Å². The van der Waals surface area contributed by atoms with Gasteiger partial charge in [0.1, 0.15) is 17.4 Å². The summed E-state index contributed by atoms with van der Waals surface area (Å²) in [6.07, 6.45) is 3.86. The van der Waals surface area contributed by atoms with Crippen molar-refractivity contribution in [2.45, 2.75) is 12.5 Å². The average molecular weight is 413 g/mol. The zero-order valence-electron chi connectivity index (χ0n) is 16.0. The molecule has 0 radical (unpaired) electrons. The largest absolute Gasteiger partial charge is 0.487 e. The molecule has 5 rings (SSSR count). The number of rotatable bonds is 4. The Bertz CT molecular complexity index is 1110. The third kappa shape index (κ3) is 3.33. The number of amides is 1. The first-order valence-electron chi connectivity index (χ1n) is 9.70. The Balaban J connectivity index is 1.50. The molecule has 0 bridgehead atoms. The monoisotopic (exact) mass is 413 g/mol. The number of nitrogens with one attached hydrogen (secondary N) is 1. The third-order valence-corrected chi connectivity index (χ3v) is 5.29. The number of halogens is 1. The molecule has 9 nitrogen and oxygen atoms in total. The molecule has 1 atom stereocenters. The number of anilines is 2. The number of hydrogen-bond donors (Lipinski definition) is 2. The standard InChI is InChI=1S/C20H20FN5O4/c21-13-8-22-19-15(9-23-26(19)10-13)20(28)24-16-6-12-5-14(11-27)30-18(12)7-17(16)25-1-3-29-4-2-25/h6-10,14,27H,1-5,11H2,(H,24,28). The Kier molecular flexibility index (Phi) is 4.72. The fourth-order valence-corrected chi connectivity index (χ4v) is 3.82. The lowest BCUT2D eigenvalue weighted by Gasteiger charge is -2.31. The molecule has 0 aliphatic carbocycles. The van der Waals surface area contributed by atoms with Gasteiger partial charge in [0.05, 0.1) is 49.8 Å². The summed E-state index contributed by atoms with van der Waals surface area (Å²) in [5.74, 6) is -0.220. The van der Waals surface area contributed by atoms with E-state index < -0.39 is 11.7 Å². The normalized spacial score (nSPS) is 18.3. The van der Waals surface area contributed by atoms with Crippen LogP contribution in [-0.4, -0.2) is 64.6 Å². The van der Waals surface area contributed by atoms with Crippen LogP contribution < -0.4 is 15.0 Å². The van der Waals surface area contributed by atoms with Crippen LogP contribution >= 0.6 is 0 Å². The second-order valence-corrected chi connectivity index (χ2v) is 7.26. The van der Waals surface area contributed by atoms with Gasteiger partial charge in [-0.1, -0.05) is 0 Å². The van der Waals surface area contributed by atoms with Gasteiger partial charge in [0.2, 0.25) is 0 Å². The van der Waals surface area contributed by atoms with Gasteiger partial charge in [-0.25, -0.2) is 13.9 Å². The van der Waals surface area contributed by atoms with Crippen LogP contribution in [0.5, 0.6) is 5.75 Å². The molecule has 2 aliphatic heterocycles. The van der Waals surface area contributed by atoms with E-state index in [1.807, 2.05) is 12.1 Å². The molecule has 1 aromatic carbocycles. The molecule has 30 heavy (non-hydrogen) atoms. The topological polar surface area (TPSA) is 101 Å². The Hall–Kier alpha value is -3.24. The van der Waals surface area contributed by atoms with Crippen molar-refractivity contribution in [3.63, 3.8) is 0 Å². The number of aromatic nitrogens is 3. The maximum Gasteiger partial charge on any atom is 0.261 e. The Labute approximate surface area is 171 Å². The molecule has 1 saturated heterocycles. The second kappa shape index (κ2) is 7.54. The number of fused-ring (bicyclic) bond motifs is 2.